The average molecular weight is 355 g/mol. The Morgan fingerprint density at radius 3 is 2.25 bits per heavy atom. The highest BCUT2D eigenvalue weighted by atomic mass is 35.5. The Bertz CT molecular complexity index is 542. The molecular formula is C17H27ClN4O2+2. The fraction of sp³-hybridized carbons (Fsp3) is 0.529. The number of carbonyl (C=O) groups is 2. The van der Waals surface area contributed by atoms with E-state index in [1.165, 1.54) is 15.4 Å². The Labute approximate surface area is 148 Å². The molecule has 1 fully saturated rings. The van der Waals surface area contributed by atoms with Gasteiger partial charge in [-0.2, -0.15) is 0 Å². The summed E-state index contributed by atoms with van der Waals surface area (Å²) in [4.78, 5) is 26.0. The standard InChI is InChI=1S/C17H25ClN4O2/c1-2-19-16(23)11-20-17(24)13-22-9-7-21(8-10-22)12-14-3-5-15(18)6-4-14/h3-6H,2,7-13H2,1H3,(H,19,23)(H,20,24)/p+2. The quantitative estimate of drug-likeness (QED) is 0.452. The first-order valence-corrected chi connectivity index (χ1v) is 8.89. The second-order valence-electron chi connectivity index (χ2n) is 6.21. The van der Waals surface area contributed by atoms with Crippen molar-refractivity contribution >= 4 is 23.4 Å². The predicted molar refractivity (Wildman–Crippen MR) is 93.1 cm³/mol. The van der Waals surface area contributed by atoms with Crippen molar-refractivity contribution in [3.8, 4) is 0 Å². The van der Waals surface area contributed by atoms with Crippen LogP contribution >= 0.6 is 11.6 Å². The number of amides is 2. The molecule has 0 aromatic heterocycles. The number of carbonyl (C=O) groups excluding carboxylic acids is 2. The Morgan fingerprint density at radius 2 is 1.62 bits per heavy atom. The van der Waals surface area contributed by atoms with E-state index in [0.29, 0.717) is 13.1 Å². The lowest BCUT2D eigenvalue weighted by atomic mass is 10.2. The van der Waals surface area contributed by atoms with Gasteiger partial charge in [0, 0.05) is 17.1 Å². The lowest BCUT2D eigenvalue weighted by molar-refractivity contribution is -1.02. The van der Waals surface area contributed by atoms with Gasteiger partial charge in [-0.1, -0.05) is 23.7 Å². The molecule has 7 heteroatoms. The maximum atomic E-state index is 11.9. The monoisotopic (exact) mass is 354 g/mol. The van der Waals surface area contributed by atoms with E-state index in [4.69, 9.17) is 11.6 Å². The van der Waals surface area contributed by atoms with Gasteiger partial charge in [0.1, 0.15) is 32.7 Å². The molecule has 1 saturated heterocycles. The molecule has 0 aliphatic carbocycles. The molecule has 24 heavy (non-hydrogen) atoms. The van der Waals surface area contributed by atoms with Crippen molar-refractivity contribution in [1.29, 1.82) is 0 Å². The van der Waals surface area contributed by atoms with Gasteiger partial charge in [0.2, 0.25) is 5.91 Å². The number of benzene rings is 1. The molecule has 0 atom stereocenters. The van der Waals surface area contributed by atoms with Gasteiger partial charge in [0.25, 0.3) is 5.91 Å². The number of piperazine rings is 1. The van der Waals surface area contributed by atoms with Gasteiger partial charge in [-0.25, -0.2) is 0 Å². The van der Waals surface area contributed by atoms with E-state index >= 15 is 0 Å². The van der Waals surface area contributed by atoms with Gasteiger partial charge < -0.3 is 20.4 Å². The number of halogens is 1. The zero-order valence-corrected chi connectivity index (χ0v) is 14.9. The molecule has 1 aromatic carbocycles. The third kappa shape index (κ3) is 6.47. The molecule has 1 aromatic rings. The predicted octanol–water partition coefficient (Wildman–Crippen LogP) is -2.12. The van der Waals surface area contributed by atoms with Crippen LogP contribution in [0.3, 0.4) is 0 Å². The number of nitrogens with one attached hydrogen (secondary N) is 4. The Hall–Kier alpha value is -1.63. The van der Waals surface area contributed by atoms with Crippen LogP contribution < -0.4 is 20.4 Å². The van der Waals surface area contributed by atoms with Crippen molar-refractivity contribution in [3.63, 3.8) is 0 Å². The second-order valence-corrected chi connectivity index (χ2v) is 6.65. The minimum atomic E-state index is -0.141. The van der Waals surface area contributed by atoms with E-state index in [9.17, 15) is 9.59 Å². The number of hydrogen-bond acceptors (Lipinski definition) is 2. The van der Waals surface area contributed by atoms with Crippen molar-refractivity contribution in [2.75, 3.05) is 45.8 Å². The van der Waals surface area contributed by atoms with E-state index in [1.54, 1.807) is 0 Å². The molecule has 0 radical (unpaired) electrons. The molecule has 0 unspecified atom stereocenters. The van der Waals surface area contributed by atoms with Crippen LogP contribution in [0.1, 0.15) is 12.5 Å². The van der Waals surface area contributed by atoms with Gasteiger partial charge >= 0.3 is 0 Å². The van der Waals surface area contributed by atoms with Crippen molar-refractivity contribution in [2.24, 2.45) is 0 Å². The number of hydrogen-bond donors (Lipinski definition) is 4. The third-order valence-corrected chi connectivity index (χ3v) is 4.51. The van der Waals surface area contributed by atoms with Crippen LogP contribution in [0.25, 0.3) is 0 Å². The van der Waals surface area contributed by atoms with Gasteiger partial charge in [-0.3, -0.25) is 9.59 Å². The molecule has 2 rings (SSSR count). The summed E-state index contributed by atoms with van der Waals surface area (Å²) in [7, 11) is 0. The molecular weight excluding hydrogens is 328 g/mol. The van der Waals surface area contributed by atoms with Gasteiger partial charge in [-0.05, 0) is 19.1 Å². The van der Waals surface area contributed by atoms with Gasteiger partial charge in [0.05, 0.1) is 6.54 Å². The van der Waals surface area contributed by atoms with Crippen molar-refractivity contribution < 1.29 is 19.4 Å². The van der Waals surface area contributed by atoms with Crippen LogP contribution in [0.4, 0.5) is 0 Å². The molecule has 2 amide bonds. The molecule has 1 heterocycles. The maximum absolute atomic E-state index is 11.9. The fourth-order valence-corrected chi connectivity index (χ4v) is 3.06. The maximum Gasteiger partial charge on any atom is 0.275 e. The SMILES string of the molecule is CCNC(=O)CNC(=O)C[NH+]1CC[NH+](Cc2ccc(Cl)cc2)CC1. The smallest absolute Gasteiger partial charge is 0.275 e. The Balaban J connectivity index is 1.66. The molecule has 4 N–H and O–H groups in total. The Kier molecular flexibility index (Phi) is 7.49. The molecule has 1 aliphatic heterocycles. The number of quaternary nitrogens is 2. The summed E-state index contributed by atoms with van der Waals surface area (Å²) in [6.07, 6.45) is 0. The molecule has 0 spiro atoms. The Morgan fingerprint density at radius 1 is 1.00 bits per heavy atom. The second kappa shape index (κ2) is 9.61. The number of rotatable bonds is 7. The van der Waals surface area contributed by atoms with E-state index < -0.39 is 0 Å². The topological polar surface area (TPSA) is 67.1 Å². The molecule has 0 bridgehead atoms. The van der Waals surface area contributed by atoms with E-state index in [0.717, 1.165) is 37.7 Å². The van der Waals surface area contributed by atoms with E-state index in [-0.39, 0.29) is 18.4 Å². The summed E-state index contributed by atoms with van der Waals surface area (Å²) >= 11 is 5.91. The highest BCUT2D eigenvalue weighted by Gasteiger charge is 2.24. The first kappa shape index (κ1) is 18.7. The van der Waals surface area contributed by atoms with Crippen LogP contribution in [0, 0.1) is 0 Å². The minimum Gasteiger partial charge on any atom is -0.355 e. The van der Waals surface area contributed by atoms with Crippen LogP contribution in [-0.2, 0) is 16.1 Å². The lowest BCUT2D eigenvalue weighted by Gasteiger charge is -2.29. The fourth-order valence-electron chi connectivity index (χ4n) is 2.93. The zero-order chi connectivity index (χ0) is 17.4. The van der Waals surface area contributed by atoms with Gasteiger partial charge in [0.15, 0.2) is 6.54 Å². The number of likely N-dealkylation sites (N-methyl/N-ethyl adjacent to an activating group) is 1. The van der Waals surface area contributed by atoms with Crippen molar-refractivity contribution in [2.45, 2.75) is 13.5 Å². The summed E-state index contributed by atoms with van der Waals surface area (Å²) < 4.78 is 0. The first-order valence-electron chi connectivity index (χ1n) is 8.51. The largest absolute Gasteiger partial charge is 0.355 e. The summed E-state index contributed by atoms with van der Waals surface area (Å²) in [5.74, 6) is -0.199. The molecule has 0 saturated carbocycles. The van der Waals surface area contributed by atoms with Crippen LogP contribution in [0.5, 0.6) is 0 Å². The first-order chi connectivity index (χ1) is 11.6. The summed E-state index contributed by atoms with van der Waals surface area (Å²) in [6.45, 7) is 7.96. The van der Waals surface area contributed by atoms with Crippen LogP contribution in [0.15, 0.2) is 24.3 Å². The summed E-state index contributed by atoms with van der Waals surface area (Å²) in [6, 6.07) is 8.00. The normalized spacial score (nSPS) is 20.4. The van der Waals surface area contributed by atoms with Crippen LogP contribution in [-0.4, -0.2) is 57.6 Å². The minimum absolute atomic E-state index is 0.0580. The van der Waals surface area contributed by atoms with Crippen molar-refractivity contribution in [1.82, 2.24) is 10.6 Å². The third-order valence-electron chi connectivity index (χ3n) is 4.26. The lowest BCUT2D eigenvalue weighted by Crippen LogP contribution is -3.28. The summed E-state index contributed by atoms with van der Waals surface area (Å²) in [5, 5.41) is 6.11. The van der Waals surface area contributed by atoms with Crippen LogP contribution in [0.2, 0.25) is 5.02 Å². The van der Waals surface area contributed by atoms with E-state index in [2.05, 4.69) is 22.8 Å². The zero-order valence-electron chi connectivity index (χ0n) is 14.2. The van der Waals surface area contributed by atoms with Gasteiger partial charge in [-0.15, -0.1) is 0 Å². The van der Waals surface area contributed by atoms with Crippen molar-refractivity contribution in [3.05, 3.63) is 34.9 Å². The van der Waals surface area contributed by atoms with E-state index in [1.807, 2.05) is 19.1 Å². The molecule has 1 aliphatic rings. The molecule has 6 nitrogen and oxygen atoms in total. The summed E-state index contributed by atoms with van der Waals surface area (Å²) in [5.41, 5.74) is 1.29. The average Bonchev–Trinajstić information content (AvgIpc) is 2.57. The highest BCUT2D eigenvalue weighted by molar-refractivity contribution is 6.30. The molecule has 132 valence electrons. The highest BCUT2D eigenvalue weighted by Crippen LogP contribution is 2.08.